The van der Waals surface area contributed by atoms with E-state index in [1.807, 2.05) is 13.0 Å². The number of benzene rings is 1. The van der Waals surface area contributed by atoms with E-state index in [0.29, 0.717) is 36.3 Å². The Labute approximate surface area is 128 Å². The lowest BCUT2D eigenvalue weighted by Crippen LogP contribution is -2.89. The van der Waals surface area contributed by atoms with Crippen molar-refractivity contribution in [1.82, 2.24) is 9.88 Å². The van der Waals surface area contributed by atoms with Gasteiger partial charge in [-0.05, 0) is 25.1 Å². The molecule has 1 saturated heterocycles. The normalized spacial score (nSPS) is 15.0. The molecule has 1 amide bonds. The van der Waals surface area contributed by atoms with E-state index in [4.69, 9.17) is 4.74 Å². The number of hydrogen-bond acceptors (Lipinski definition) is 3. The topological polar surface area (TPSA) is 79.0 Å². The summed E-state index contributed by atoms with van der Waals surface area (Å²) < 4.78 is 5.43. The summed E-state index contributed by atoms with van der Waals surface area (Å²) in [6.07, 6.45) is 1.52. The lowest BCUT2D eigenvalue weighted by molar-refractivity contribution is -0.661. The Kier molecular flexibility index (Phi) is 4.11. The van der Waals surface area contributed by atoms with Crippen LogP contribution in [0.1, 0.15) is 17.3 Å². The van der Waals surface area contributed by atoms with Crippen molar-refractivity contribution in [2.45, 2.75) is 6.92 Å². The molecule has 0 aliphatic carbocycles. The maximum Gasteiger partial charge on any atom is 0.259 e. The van der Waals surface area contributed by atoms with Crippen molar-refractivity contribution in [3.05, 3.63) is 40.2 Å². The van der Waals surface area contributed by atoms with Crippen LogP contribution >= 0.6 is 0 Å². The molecule has 116 valence electrons. The van der Waals surface area contributed by atoms with Gasteiger partial charge >= 0.3 is 0 Å². The minimum atomic E-state index is -0.241. The van der Waals surface area contributed by atoms with E-state index in [1.165, 1.54) is 6.20 Å². The summed E-state index contributed by atoms with van der Waals surface area (Å²) in [5, 5.41) is 2.66. The Morgan fingerprint density at radius 3 is 2.86 bits per heavy atom. The first-order chi connectivity index (χ1) is 10.7. The molecular weight excluding hydrogens is 282 g/mol. The van der Waals surface area contributed by atoms with E-state index in [0.717, 1.165) is 13.1 Å². The predicted octanol–water partition coefficient (Wildman–Crippen LogP) is -0.0540. The Balaban J connectivity index is 2.01. The predicted molar refractivity (Wildman–Crippen MR) is 83.3 cm³/mol. The molecule has 3 rings (SSSR count). The average Bonchev–Trinajstić information content (AvgIpc) is 2.56. The number of H-pyrrole nitrogens is 1. The van der Waals surface area contributed by atoms with Crippen LogP contribution in [0.15, 0.2) is 29.2 Å². The summed E-state index contributed by atoms with van der Waals surface area (Å²) in [6.45, 7) is 5.54. The van der Waals surface area contributed by atoms with Crippen LogP contribution in [0.4, 0.5) is 0 Å². The highest BCUT2D eigenvalue weighted by Crippen LogP contribution is 2.17. The molecule has 1 fully saturated rings. The SMILES string of the molecule is CCOc1ccc2[nH]cc(C(=O)N3CC[NH2+]CC3)c(=O)c2c1. The van der Waals surface area contributed by atoms with Gasteiger partial charge in [0.1, 0.15) is 11.3 Å². The van der Waals surface area contributed by atoms with Crippen molar-refractivity contribution in [1.29, 1.82) is 0 Å². The van der Waals surface area contributed by atoms with Gasteiger partial charge < -0.3 is 19.9 Å². The van der Waals surface area contributed by atoms with Crippen LogP contribution in [0.2, 0.25) is 0 Å². The van der Waals surface area contributed by atoms with Gasteiger partial charge in [-0.3, -0.25) is 9.59 Å². The zero-order chi connectivity index (χ0) is 15.5. The fourth-order valence-corrected chi connectivity index (χ4v) is 2.74. The van der Waals surface area contributed by atoms with E-state index in [9.17, 15) is 9.59 Å². The number of fused-ring (bicyclic) bond motifs is 1. The molecule has 0 atom stereocenters. The smallest absolute Gasteiger partial charge is 0.259 e. The third kappa shape index (κ3) is 2.69. The highest BCUT2D eigenvalue weighted by Gasteiger charge is 2.22. The first kappa shape index (κ1) is 14.6. The summed E-state index contributed by atoms with van der Waals surface area (Å²) in [6, 6.07) is 5.30. The van der Waals surface area contributed by atoms with Crippen molar-refractivity contribution in [3.63, 3.8) is 0 Å². The van der Waals surface area contributed by atoms with Crippen LogP contribution in [0.25, 0.3) is 10.9 Å². The highest BCUT2D eigenvalue weighted by molar-refractivity contribution is 5.97. The number of quaternary nitrogens is 1. The Hall–Kier alpha value is -2.34. The maximum atomic E-state index is 12.6. The van der Waals surface area contributed by atoms with E-state index in [2.05, 4.69) is 10.3 Å². The standard InChI is InChI=1S/C16H19N3O3/c1-2-22-11-3-4-14-12(9-11)15(20)13(10-18-14)16(21)19-7-5-17-6-8-19/h3-4,9-10,17H,2,5-8H2,1H3,(H,18,20)/p+1. The van der Waals surface area contributed by atoms with Gasteiger partial charge in [0.25, 0.3) is 5.91 Å². The van der Waals surface area contributed by atoms with Gasteiger partial charge in [-0.15, -0.1) is 0 Å². The van der Waals surface area contributed by atoms with Crippen LogP contribution in [0.5, 0.6) is 5.75 Å². The number of rotatable bonds is 3. The number of nitrogens with zero attached hydrogens (tertiary/aromatic N) is 1. The zero-order valence-electron chi connectivity index (χ0n) is 12.6. The minimum Gasteiger partial charge on any atom is -0.494 e. The molecule has 0 unspecified atom stereocenters. The number of aromatic nitrogens is 1. The Morgan fingerprint density at radius 2 is 2.14 bits per heavy atom. The maximum absolute atomic E-state index is 12.6. The second kappa shape index (κ2) is 6.19. The number of pyridine rings is 1. The molecule has 1 aromatic heterocycles. The molecule has 6 heteroatoms. The first-order valence-corrected chi connectivity index (χ1v) is 7.60. The van der Waals surface area contributed by atoms with Crippen molar-refractivity contribution < 1.29 is 14.8 Å². The molecule has 0 bridgehead atoms. The van der Waals surface area contributed by atoms with E-state index in [1.54, 1.807) is 17.0 Å². The van der Waals surface area contributed by atoms with Gasteiger partial charge in [0, 0.05) is 17.1 Å². The van der Waals surface area contributed by atoms with E-state index in [-0.39, 0.29) is 16.9 Å². The van der Waals surface area contributed by atoms with Crippen molar-refractivity contribution >= 4 is 16.8 Å². The molecule has 1 aliphatic rings. The number of aromatic amines is 1. The lowest BCUT2D eigenvalue weighted by atomic mass is 10.1. The first-order valence-electron chi connectivity index (χ1n) is 7.60. The summed E-state index contributed by atoms with van der Waals surface area (Å²) >= 11 is 0. The molecule has 2 heterocycles. The van der Waals surface area contributed by atoms with Gasteiger partial charge in [-0.2, -0.15) is 0 Å². The van der Waals surface area contributed by atoms with Crippen molar-refractivity contribution in [2.75, 3.05) is 32.8 Å². The quantitative estimate of drug-likeness (QED) is 0.834. The second-order valence-electron chi connectivity index (χ2n) is 5.33. The summed E-state index contributed by atoms with van der Waals surface area (Å²) in [5.74, 6) is 0.440. The van der Waals surface area contributed by atoms with Crippen LogP contribution in [0.3, 0.4) is 0 Å². The van der Waals surface area contributed by atoms with E-state index >= 15 is 0 Å². The van der Waals surface area contributed by atoms with Crippen LogP contribution in [-0.2, 0) is 0 Å². The van der Waals surface area contributed by atoms with Gasteiger partial charge in [0.2, 0.25) is 5.43 Å². The number of nitrogens with one attached hydrogen (secondary N) is 1. The largest absolute Gasteiger partial charge is 0.494 e. The molecular formula is C16H20N3O3+. The molecule has 6 nitrogen and oxygen atoms in total. The summed E-state index contributed by atoms with van der Waals surface area (Å²) in [5.41, 5.74) is 0.662. The molecule has 3 N–H and O–H groups in total. The molecule has 2 aromatic rings. The molecule has 0 saturated carbocycles. The number of hydrogen-bond donors (Lipinski definition) is 2. The van der Waals surface area contributed by atoms with E-state index < -0.39 is 0 Å². The van der Waals surface area contributed by atoms with Crippen LogP contribution in [-0.4, -0.2) is 48.6 Å². The third-order valence-electron chi connectivity index (χ3n) is 3.89. The minimum absolute atomic E-state index is 0.196. The highest BCUT2D eigenvalue weighted by atomic mass is 16.5. The molecule has 1 aliphatic heterocycles. The zero-order valence-corrected chi connectivity index (χ0v) is 12.6. The second-order valence-corrected chi connectivity index (χ2v) is 5.33. The summed E-state index contributed by atoms with van der Waals surface area (Å²) in [4.78, 5) is 30.0. The van der Waals surface area contributed by atoms with Crippen molar-refractivity contribution in [2.24, 2.45) is 0 Å². The number of carbonyl (C=O) groups is 1. The van der Waals surface area contributed by atoms with Gasteiger partial charge in [-0.25, -0.2) is 0 Å². The molecule has 1 aromatic carbocycles. The summed E-state index contributed by atoms with van der Waals surface area (Å²) in [7, 11) is 0. The number of ether oxygens (including phenoxy) is 1. The Bertz CT molecular complexity index is 748. The molecule has 22 heavy (non-hydrogen) atoms. The average molecular weight is 302 g/mol. The molecule has 0 radical (unpaired) electrons. The molecule has 0 spiro atoms. The van der Waals surface area contributed by atoms with Gasteiger partial charge in [0.05, 0.1) is 32.8 Å². The third-order valence-corrected chi connectivity index (χ3v) is 3.89. The number of carbonyl (C=O) groups excluding carboxylic acids is 1. The van der Waals surface area contributed by atoms with Gasteiger partial charge in [0.15, 0.2) is 0 Å². The number of nitrogens with two attached hydrogens (primary N) is 1. The van der Waals surface area contributed by atoms with Crippen molar-refractivity contribution in [3.8, 4) is 5.75 Å². The fourth-order valence-electron chi connectivity index (χ4n) is 2.74. The van der Waals surface area contributed by atoms with Crippen LogP contribution in [0, 0.1) is 0 Å². The number of piperazine rings is 1. The monoisotopic (exact) mass is 302 g/mol. The lowest BCUT2D eigenvalue weighted by Gasteiger charge is -2.25. The Morgan fingerprint density at radius 1 is 1.36 bits per heavy atom. The number of amides is 1. The van der Waals surface area contributed by atoms with Crippen LogP contribution < -0.4 is 15.5 Å². The van der Waals surface area contributed by atoms with Gasteiger partial charge in [-0.1, -0.05) is 0 Å². The fraction of sp³-hybridized carbons (Fsp3) is 0.375.